The first kappa shape index (κ1) is 15.0. The van der Waals surface area contributed by atoms with Crippen LogP contribution in [0.25, 0.3) is 0 Å². The van der Waals surface area contributed by atoms with Crippen molar-refractivity contribution in [1.29, 1.82) is 5.26 Å². The second-order valence-corrected chi connectivity index (χ2v) is 5.30. The van der Waals surface area contributed by atoms with Gasteiger partial charge in [0, 0.05) is 31.7 Å². The molecular formula is C17H24N2O. The summed E-state index contributed by atoms with van der Waals surface area (Å²) in [7, 11) is 0. The van der Waals surface area contributed by atoms with Crippen LogP contribution in [0.4, 0.5) is 0 Å². The van der Waals surface area contributed by atoms with Gasteiger partial charge in [0.2, 0.25) is 0 Å². The van der Waals surface area contributed by atoms with Crippen LogP contribution in [0.1, 0.15) is 56.4 Å². The monoisotopic (exact) mass is 272 g/mol. The Morgan fingerprint density at radius 2 is 2.05 bits per heavy atom. The fourth-order valence-electron chi connectivity index (χ4n) is 2.84. The third kappa shape index (κ3) is 3.82. The van der Waals surface area contributed by atoms with Crippen molar-refractivity contribution in [2.45, 2.75) is 51.8 Å². The molecule has 0 spiro atoms. The highest BCUT2D eigenvalue weighted by molar-refractivity contribution is 5.32. The van der Waals surface area contributed by atoms with Gasteiger partial charge in [0.15, 0.2) is 0 Å². The Morgan fingerprint density at radius 3 is 2.85 bits per heavy atom. The van der Waals surface area contributed by atoms with Crippen LogP contribution in [-0.2, 0) is 11.3 Å². The Labute approximate surface area is 122 Å². The first-order valence-corrected chi connectivity index (χ1v) is 7.67. The highest BCUT2D eigenvalue weighted by Gasteiger charge is 2.29. The van der Waals surface area contributed by atoms with Crippen LogP contribution in [0.3, 0.4) is 0 Å². The number of fused-ring (bicyclic) bond motifs is 1. The topological polar surface area (TPSA) is 36.3 Å². The van der Waals surface area contributed by atoms with Crippen molar-refractivity contribution in [2.75, 3.05) is 13.2 Å². The molecule has 1 aromatic rings. The zero-order valence-corrected chi connectivity index (χ0v) is 12.3. The molecule has 0 radical (unpaired) electrons. The molecule has 1 aliphatic heterocycles. The molecule has 0 N–H and O–H groups in total. The van der Waals surface area contributed by atoms with Crippen molar-refractivity contribution in [3.63, 3.8) is 0 Å². The van der Waals surface area contributed by atoms with E-state index < -0.39 is 0 Å². The highest BCUT2D eigenvalue weighted by Crippen LogP contribution is 2.34. The summed E-state index contributed by atoms with van der Waals surface area (Å²) in [6, 6.07) is 10.8. The lowest BCUT2D eigenvalue weighted by Gasteiger charge is -2.24. The summed E-state index contributed by atoms with van der Waals surface area (Å²) in [6.07, 6.45) is 5.40. The molecule has 2 rings (SSSR count). The van der Waals surface area contributed by atoms with Crippen LogP contribution in [0.5, 0.6) is 0 Å². The smallest absolute Gasteiger partial charge is 0.137 e. The van der Waals surface area contributed by atoms with Gasteiger partial charge in [-0.3, -0.25) is 4.90 Å². The summed E-state index contributed by atoms with van der Waals surface area (Å²) in [5.41, 5.74) is 2.73. The van der Waals surface area contributed by atoms with Gasteiger partial charge in [-0.2, -0.15) is 5.26 Å². The lowest BCUT2D eigenvalue weighted by molar-refractivity contribution is -0.0492. The number of benzene rings is 1. The summed E-state index contributed by atoms with van der Waals surface area (Å²) >= 11 is 0. The van der Waals surface area contributed by atoms with Gasteiger partial charge in [0.05, 0.1) is 6.07 Å². The number of hydrogen-bond acceptors (Lipinski definition) is 3. The van der Waals surface area contributed by atoms with Crippen molar-refractivity contribution in [3.05, 3.63) is 35.4 Å². The first-order valence-electron chi connectivity index (χ1n) is 7.67. The number of rotatable bonds is 8. The van der Waals surface area contributed by atoms with Crippen molar-refractivity contribution in [1.82, 2.24) is 4.90 Å². The summed E-state index contributed by atoms with van der Waals surface area (Å²) < 4.78 is 5.92. The first-order chi connectivity index (χ1) is 9.86. The van der Waals surface area contributed by atoms with E-state index in [4.69, 9.17) is 10.00 Å². The Bertz CT molecular complexity index is 453. The van der Waals surface area contributed by atoms with E-state index in [-0.39, 0.29) is 6.23 Å². The van der Waals surface area contributed by atoms with E-state index in [1.54, 1.807) is 0 Å². The molecule has 0 saturated carbocycles. The maximum Gasteiger partial charge on any atom is 0.137 e. The summed E-state index contributed by atoms with van der Waals surface area (Å²) in [4.78, 5) is 2.43. The molecule has 0 fully saturated rings. The van der Waals surface area contributed by atoms with Gasteiger partial charge >= 0.3 is 0 Å². The maximum absolute atomic E-state index is 8.51. The average Bonchev–Trinajstić information content (AvgIpc) is 2.81. The highest BCUT2D eigenvalue weighted by atomic mass is 16.5. The van der Waals surface area contributed by atoms with E-state index in [0.29, 0.717) is 6.42 Å². The Hall–Kier alpha value is -1.37. The van der Waals surface area contributed by atoms with Crippen LogP contribution >= 0.6 is 0 Å². The van der Waals surface area contributed by atoms with Crippen LogP contribution in [0, 0.1) is 11.3 Å². The fourth-order valence-corrected chi connectivity index (χ4v) is 2.84. The largest absolute Gasteiger partial charge is 0.359 e. The van der Waals surface area contributed by atoms with Crippen molar-refractivity contribution < 1.29 is 4.74 Å². The number of unbranched alkanes of at least 4 members (excludes halogenated alkanes) is 4. The summed E-state index contributed by atoms with van der Waals surface area (Å²) in [5, 5.41) is 8.51. The molecule has 1 unspecified atom stereocenters. The quantitative estimate of drug-likeness (QED) is 0.671. The number of ether oxygens (including phenoxy) is 1. The fraction of sp³-hybridized carbons (Fsp3) is 0.588. The van der Waals surface area contributed by atoms with Gasteiger partial charge in [0.25, 0.3) is 0 Å². The molecule has 0 aliphatic carbocycles. The molecule has 3 nitrogen and oxygen atoms in total. The van der Waals surface area contributed by atoms with E-state index in [1.165, 1.54) is 24.0 Å². The lowest BCUT2D eigenvalue weighted by atomic mass is 10.1. The van der Waals surface area contributed by atoms with Crippen LogP contribution in [-0.4, -0.2) is 18.1 Å². The Morgan fingerprint density at radius 1 is 1.25 bits per heavy atom. The molecular weight excluding hydrogens is 248 g/mol. The molecule has 108 valence electrons. The van der Waals surface area contributed by atoms with Crippen molar-refractivity contribution in [3.8, 4) is 6.07 Å². The van der Waals surface area contributed by atoms with Crippen molar-refractivity contribution in [2.24, 2.45) is 0 Å². The maximum atomic E-state index is 8.51. The van der Waals surface area contributed by atoms with Crippen LogP contribution < -0.4 is 0 Å². The average molecular weight is 272 g/mol. The van der Waals surface area contributed by atoms with Gasteiger partial charge < -0.3 is 4.74 Å². The van der Waals surface area contributed by atoms with Gasteiger partial charge in [-0.15, -0.1) is 0 Å². The van der Waals surface area contributed by atoms with Gasteiger partial charge in [-0.05, 0) is 25.3 Å². The minimum Gasteiger partial charge on any atom is -0.359 e. The SMILES string of the molecule is CCOC1c2ccccc2CN1CCCCCCC#N. The summed E-state index contributed by atoms with van der Waals surface area (Å²) in [5.74, 6) is 0. The second-order valence-electron chi connectivity index (χ2n) is 5.30. The summed E-state index contributed by atoms with van der Waals surface area (Å²) in [6.45, 7) is 4.88. The molecule has 1 aromatic carbocycles. The van der Waals surface area contributed by atoms with E-state index >= 15 is 0 Å². The lowest BCUT2D eigenvalue weighted by Crippen LogP contribution is -2.25. The van der Waals surface area contributed by atoms with E-state index in [9.17, 15) is 0 Å². The molecule has 0 aromatic heterocycles. The molecule has 1 atom stereocenters. The molecule has 1 aliphatic rings. The molecule has 20 heavy (non-hydrogen) atoms. The minimum absolute atomic E-state index is 0.135. The Balaban J connectivity index is 1.82. The van der Waals surface area contributed by atoms with Crippen LogP contribution in [0.15, 0.2) is 24.3 Å². The molecule has 1 heterocycles. The third-order valence-electron chi connectivity index (χ3n) is 3.83. The predicted molar refractivity (Wildman–Crippen MR) is 79.9 cm³/mol. The van der Waals surface area contributed by atoms with Gasteiger partial charge in [-0.25, -0.2) is 0 Å². The number of nitrogens with zero attached hydrogens (tertiary/aromatic N) is 2. The normalized spacial score (nSPS) is 17.9. The van der Waals surface area contributed by atoms with E-state index in [0.717, 1.165) is 32.5 Å². The van der Waals surface area contributed by atoms with Crippen LogP contribution in [0.2, 0.25) is 0 Å². The third-order valence-corrected chi connectivity index (χ3v) is 3.83. The number of nitriles is 1. The molecule has 0 bridgehead atoms. The number of hydrogen-bond donors (Lipinski definition) is 0. The van der Waals surface area contributed by atoms with Crippen molar-refractivity contribution >= 4 is 0 Å². The minimum atomic E-state index is 0.135. The van der Waals surface area contributed by atoms with Gasteiger partial charge in [0.1, 0.15) is 6.23 Å². The van der Waals surface area contributed by atoms with E-state index in [2.05, 4.69) is 42.2 Å². The second kappa shape index (κ2) is 8.04. The van der Waals surface area contributed by atoms with Gasteiger partial charge in [-0.1, -0.05) is 37.1 Å². The molecule has 0 amide bonds. The Kier molecular flexibility index (Phi) is 6.04. The van der Waals surface area contributed by atoms with E-state index in [1.807, 2.05) is 0 Å². The predicted octanol–water partition coefficient (Wildman–Crippen LogP) is 4.01. The standard InChI is InChI=1S/C17H24N2O/c1-2-20-17-16-11-7-6-10-15(16)14-19(17)13-9-5-3-4-8-12-18/h6-7,10-11,17H,2-5,8-9,13-14H2,1H3. The zero-order chi connectivity index (χ0) is 14.2. The molecule has 0 saturated heterocycles. The zero-order valence-electron chi connectivity index (χ0n) is 12.3. The molecule has 3 heteroatoms.